The highest BCUT2D eigenvalue weighted by molar-refractivity contribution is 5.77. The smallest absolute Gasteiger partial charge is 0.222 e. The van der Waals surface area contributed by atoms with Crippen molar-refractivity contribution in [1.29, 1.82) is 0 Å². The molecule has 1 aliphatic heterocycles. The molecular weight excluding hydrogens is 290 g/mol. The lowest BCUT2D eigenvalue weighted by Crippen LogP contribution is -2.46. The molecule has 0 atom stereocenters. The first-order chi connectivity index (χ1) is 11.2. The van der Waals surface area contributed by atoms with Crippen LogP contribution in [-0.2, 0) is 11.2 Å². The Morgan fingerprint density at radius 3 is 2.78 bits per heavy atom. The van der Waals surface area contributed by atoms with Gasteiger partial charge < -0.3 is 15.3 Å². The molecule has 2 heterocycles. The molecule has 0 radical (unpaired) electrons. The van der Waals surface area contributed by atoms with Gasteiger partial charge in [-0.05, 0) is 23.6 Å². The molecule has 1 aliphatic rings. The van der Waals surface area contributed by atoms with E-state index in [0.717, 1.165) is 42.9 Å². The van der Waals surface area contributed by atoms with Gasteiger partial charge in [-0.1, -0.05) is 24.3 Å². The van der Waals surface area contributed by atoms with E-state index >= 15 is 0 Å². The van der Waals surface area contributed by atoms with E-state index in [1.54, 1.807) is 12.3 Å². The number of nitrogens with one attached hydrogen (secondary N) is 1. The molecule has 1 fully saturated rings. The normalized spacial score (nSPS) is 14.7. The van der Waals surface area contributed by atoms with Crippen molar-refractivity contribution < 1.29 is 9.90 Å². The Morgan fingerprint density at radius 2 is 2.00 bits per heavy atom. The van der Waals surface area contributed by atoms with Gasteiger partial charge in [-0.15, -0.1) is 0 Å². The predicted octanol–water partition coefficient (Wildman–Crippen LogP) is 1.82. The summed E-state index contributed by atoms with van der Waals surface area (Å²) in [5.41, 5.74) is 2.99. The van der Waals surface area contributed by atoms with Crippen molar-refractivity contribution in [2.75, 3.05) is 26.2 Å². The van der Waals surface area contributed by atoms with E-state index in [1.807, 2.05) is 29.2 Å². The number of nitrogens with zero attached hydrogens (tertiary/aromatic N) is 2. The zero-order chi connectivity index (χ0) is 16.1. The van der Waals surface area contributed by atoms with E-state index in [0.29, 0.717) is 12.8 Å². The molecule has 0 spiro atoms. The summed E-state index contributed by atoms with van der Waals surface area (Å²) in [5, 5.41) is 12.9. The van der Waals surface area contributed by atoms with Gasteiger partial charge in [0.15, 0.2) is 0 Å². The van der Waals surface area contributed by atoms with Crippen LogP contribution in [0.15, 0.2) is 42.7 Å². The highest BCUT2D eigenvalue weighted by atomic mass is 16.3. The van der Waals surface area contributed by atoms with Crippen molar-refractivity contribution in [2.45, 2.75) is 12.8 Å². The Balaban J connectivity index is 1.72. The largest absolute Gasteiger partial charge is 0.506 e. The van der Waals surface area contributed by atoms with E-state index < -0.39 is 0 Å². The zero-order valence-corrected chi connectivity index (χ0v) is 13.0. The maximum atomic E-state index is 12.3. The van der Waals surface area contributed by atoms with Gasteiger partial charge in [-0.2, -0.15) is 0 Å². The van der Waals surface area contributed by atoms with Crippen molar-refractivity contribution in [3.8, 4) is 16.9 Å². The van der Waals surface area contributed by atoms with Crippen molar-refractivity contribution >= 4 is 5.91 Å². The van der Waals surface area contributed by atoms with Gasteiger partial charge in [0.2, 0.25) is 5.91 Å². The molecule has 0 aliphatic carbocycles. The third kappa shape index (κ3) is 3.87. The Bertz CT molecular complexity index is 681. The third-order valence-corrected chi connectivity index (χ3v) is 4.13. The quantitative estimate of drug-likeness (QED) is 0.904. The SMILES string of the molecule is O=C(CCc1ccccc1-c1cncc(O)c1)N1CCNCC1. The minimum Gasteiger partial charge on any atom is -0.506 e. The zero-order valence-electron chi connectivity index (χ0n) is 13.0. The molecule has 0 unspecified atom stereocenters. The number of amides is 1. The molecule has 1 saturated heterocycles. The number of hydrogen-bond acceptors (Lipinski definition) is 4. The van der Waals surface area contributed by atoms with Crippen LogP contribution in [0.1, 0.15) is 12.0 Å². The number of benzene rings is 1. The molecule has 23 heavy (non-hydrogen) atoms. The number of rotatable bonds is 4. The molecule has 0 bridgehead atoms. The highest BCUT2D eigenvalue weighted by Gasteiger charge is 2.16. The number of carbonyl (C=O) groups is 1. The number of piperazine rings is 1. The summed E-state index contributed by atoms with van der Waals surface area (Å²) >= 11 is 0. The van der Waals surface area contributed by atoms with Crippen LogP contribution in [0.2, 0.25) is 0 Å². The van der Waals surface area contributed by atoms with E-state index in [9.17, 15) is 9.90 Å². The summed E-state index contributed by atoms with van der Waals surface area (Å²) in [7, 11) is 0. The second-order valence-electron chi connectivity index (χ2n) is 5.72. The Morgan fingerprint density at radius 1 is 1.22 bits per heavy atom. The van der Waals surface area contributed by atoms with E-state index in [1.165, 1.54) is 6.20 Å². The topological polar surface area (TPSA) is 65.5 Å². The molecule has 3 rings (SSSR count). The first kappa shape index (κ1) is 15.5. The monoisotopic (exact) mass is 311 g/mol. The summed E-state index contributed by atoms with van der Waals surface area (Å²) in [6.07, 6.45) is 4.34. The molecule has 1 amide bonds. The molecular formula is C18H21N3O2. The summed E-state index contributed by atoms with van der Waals surface area (Å²) < 4.78 is 0. The molecule has 1 aromatic heterocycles. The van der Waals surface area contributed by atoms with Crippen LogP contribution in [0.3, 0.4) is 0 Å². The minimum absolute atomic E-state index is 0.147. The van der Waals surface area contributed by atoms with Crippen molar-refractivity contribution in [3.63, 3.8) is 0 Å². The van der Waals surface area contributed by atoms with E-state index in [2.05, 4.69) is 10.3 Å². The van der Waals surface area contributed by atoms with Crippen LogP contribution in [0.25, 0.3) is 11.1 Å². The first-order valence-electron chi connectivity index (χ1n) is 7.95. The van der Waals surface area contributed by atoms with Crippen LogP contribution in [0.5, 0.6) is 5.75 Å². The van der Waals surface area contributed by atoms with Crippen LogP contribution in [0, 0.1) is 0 Å². The van der Waals surface area contributed by atoms with Crippen LogP contribution < -0.4 is 5.32 Å². The Labute approximate surface area is 136 Å². The van der Waals surface area contributed by atoms with E-state index in [-0.39, 0.29) is 11.7 Å². The van der Waals surface area contributed by atoms with Gasteiger partial charge in [0, 0.05) is 44.4 Å². The van der Waals surface area contributed by atoms with Crippen LogP contribution in [-0.4, -0.2) is 47.1 Å². The first-order valence-corrected chi connectivity index (χ1v) is 7.95. The lowest BCUT2D eigenvalue weighted by atomic mass is 9.97. The van der Waals surface area contributed by atoms with Gasteiger partial charge in [0.25, 0.3) is 0 Å². The van der Waals surface area contributed by atoms with Gasteiger partial charge in [-0.25, -0.2) is 0 Å². The average Bonchev–Trinajstić information content (AvgIpc) is 2.60. The summed E-state index contributed by atoms with van der Waals surface area (Å²) in [4.78, 5) is 18.3. The summed E-state index contributed by atoms with van der Waals surface area (Å²) in [6, 6.07) is 9.67. The summed E-state index contributed by atoms with van der Waals surface area (Å²) in [5.74, 6) is 0.351. The maximum absolute atomic E-state index is 12.3. The Kier molecular flexibility index (Phi) is 4.88. The van der Waals surface area contributed by atoms with Crippen LogP contribution in [0.4, 0.5) is 0 Å². The van der Waals surface area contributed by atoms with E-state index in [4.69, 9.17) is 0 Å². The number of hydrogen-bond donors (Lipinski definition) is 2. The molecule has 0 saturated carbocycles. The predicted molar refractivity (Wildman–Crippen MR) is 89.1 cm³/mol. The average molecular weight is 311 g/mol. The Hall–Kier alpha value is -2.40. The standard InChI is InChI=1S/C18H21N3O2/c22-16-11-15(12-20-13-16)17-4-2-1-3-14(17)5-6-18(23)21-9-7-19-8-10-21/h1-4,11-13,19,22H,5-10H2. The molecule has 1 aromatic carbocycles. The molecule has 5 heteroatoms. The number of carbonyl (C=O) groups excluding carboxylic acids is 1. The van der Waals surface area contributed by atoms with Crippen LogP contribution >= 0.6 is 0 Å². The molecule has 120 valence electrons. The maximum Gasteiger partial charge on any atom is 0.222 e. The highest BCUT2D eigenvalue weighted by Crippen LogP contribution is 2.26. The second-order valence-corrected chi connectivity index (χ2v) is 5.72. The fourth-order valence-electron chi connectivity index (χ4n) is 2.91. The fraction of sp³-hybridized carbons (Fsp3) is 0.333. The van der Waals surface area contributed by atoms with Crippen molar-refractivity contribution in [1.82, 2.24) is 15.2 Å². The fourth-order valence-corrected chi connectivity index (χ4v) is 2.91. The number of pyridine rings is 1. The number of aromatic hydroxyl groups is 1. The summed E-state index contributed by atoms with van der Waals surface area (Å²) in [6.45, 7) is 3.32. The number of aromatic nitrogens is 1. The lowest BCUT2D eigenvalue weighted by molar-refractivity contribution is -0.131. The second kappa shape index (κ2) is 7.24. The van der Waals surface area contributed by atoms with Crippen molar-refractivity contribution in [3.05, 3.63) is 48.3 Å². The van der Waals surface area contributed by atoms with Gasteiger partial charge >= 0.3 is 0 Å². The third-order valence-electron chi connectivity index (χ3n) is 4.13. The molecule has 5 nitrogen and oxygen atoms in total. The lowest BCUT2D eigenvalue weighted by Gasteiger charge is -2.27. The number of aryl methyl sites for hydroxylation is 1. The van der Waals surface area contributed by atoms with Gasteiger partial charge in [0.1, 0.15) is 5.75 Å². The molecule has 2 aromatic rings. The molecule has 2 N–H and O–H groups in total. The minimum atomic E-state index is 0.147. The van der Waals surface area contributed by atoms with Crippen molar-refractivity contribution in [2.24, 2.45) is 0 Å². The van der Waals surface area contributed by atoms with Gasteiger partial charge in [0.05, 0.1) is 6.20 Å². The van der Waals surface area contributed by atoms with Gasteiger partial charge in [-0.3, -0.25) is 9.78 Å².